The summed E-state index contributed by atoms with van der Waals surface area (Å²) in [5.41, 5.74) is 1.91. The molecule has 0 radical (unpaired) electrons. The first-order chi connectivity index (χ1) is 22.5. The van der Waals surface area contributed by atoms with E-state index in [9.17, 15) is 14.7 Å². The Balaban J connectivity index is 1.56. The van der Waals surface area contributed by atoms with Crippen LogP contribution in [0.2, 0.25) is 10.0 Å². The summed E-state index contributed by atoms with van der Waals surface area (Å²) < 4.78 is 12.8. The number of amides is 3. The fourth-order valence-electron chi connectivity index (χ4n) is 6.38. The summed E-state index contributed by atoms with van der Waals surface area (Å²) in [5.74, 6) is 0.143. The van der Waals surface area contributed by atoms with E-state index in [4.69, 9.17) is 32.7 Å². The van der Waals surface area contributed by atoms with Gasteiger partial charge in [0.25, 0.3) is 5.91 Å². The number of nitrogens with zero attached hydrogens (tertiary/aromatic N) is 2. The molecule has 4 atom stereocenters. The number of likely N-dealkylation sites (N-methyl/N-ethyl adjacent to an activating group) is 1. The van der Waals surface area contributed by atoms with Crippen LogP contribution in [0.3, 0.4) is 0 Å². The number of benzene rings is 2. The first-order valence-electron chi connectivity index (χ1n) is 17.1. The van der Waals surface area contributed by atoms with E-state index in [1.165, 1.54) is 6.42 Å². The molecule has 3 N–H and O–H groups in total. The second-order valence-electron chi connectivity index (χ2n) is 13.4. The minimum atomic E-state index is -0.455. The number of hydrogen-bond acceptors (Lipinski definition) is 6. The molecule has 0 bridgehead atoms. The Kier molecular flexibility index (Phi) is 14.5. The molecule has 2 aromatic rings. The smallest absolute Gasteiger partial charge is 0.319 e. The number of anilines is 1. The van der Waals surface area contributed by atoms with Gasteiger partial charge in [-0.05, 0) is 88.9 Å². The lowest BCUT2D eigenvalue weighted by molar-refractivity contribution is -0.0177. The Morgan fingerprint density at radius 2 is 1.79 bits per heavy atom. The molecule has 1 aliphatic heterocycles. The van der Waals surface area contributed by atoms with Crippen molar-refractivity contribution in [2.75, 3.05) is 38.7 Å². The molecular formula is C36H52Cl2N4O5. The van der Waals surface area contributed by atoms with Gasteiger partial charge in [0.15, 0.2) is 0 Å². The standard InChI is InChI=1S/C36H52Cl2N4O5/c1-24-20-42(25(2)23-43)35(44)30-19-29(40-36(45)39-28-11-6-5-7-12-28)14-16-33(30)47-26(3)10-8-9-17-46-34(24)22-41(4)21-27-13-15-31(37)32(38)18-27/h13-16,18-19,24-26,28,34,43H,5-12,17,20-23H2,1-4H3,(H2,39,40,45)/t24-,25-,26-,34+/m0/s1. The number of nitrogens with one attached hydrogen (secondary N) is 2. The molecule has 1 heterocycles. The maximum Gasteiger partial charge on any atom is 0.319 e. The lowest BCUT2D eigenvalue weighted by atomic mass is 9.96. The fourth-order valence-corrected chi connectivity index (χ4v) is 6.70. The van der Waals surface area contributed by atoms with Crippen LogP contribution in [-0.4, -0.2) is 84.5 Å². The van der Waals surface area contributed by atoms with Crippen molar-refractivity contribution in [1.29, 1.82) is 0 Å². The highest BCUT2D eigenvalue weighted by atomic mass is 35.5. The summed E-state index contributed by atoms with van der Waals surface area (Å²) in [7, 11) is 2.04. The molecule has 0 saturated heterocycles. The van der Waals surface area contributed by atoms with Crippen LogP contribution in [-0.2, 0) is 11.3 Å². The van der Waals surface area contributed by atoms with Crippen LogP contribution in [0.15, 0.2) is 36.4 Å². The fraction of sp³-hybridized carbons (Fsp3) is 0.611. The van der Waals surface area contributed by atoms with Crippen LogP contribution in [0.1, 0.15) is 88.1 Å². The van der Waals surface area contributed by atoms with E-state index in [0.717, 1.165) is 50.5 Å². The first-order valence-corrected chi connectivity index (χ1v) is 17.8. The molecule has 9 nitrogen and oxygen atoms in total. The van der Waals surface area contributed by atoms with Gasteiger partial charge in [0, 0.05) is 43.9 Å². The van der Waals surface area contributed by atoms with Crippen LogP contribution < -0.4 is 15.4 Å². The van der Waals surface area contributed by atoms with Gasteiger partial charge in [-0.15, -0.1) is 0 Å². The van der Waals surface area contributed by atoms with Crippen LogP contribution in [0.4, 0.5) is 10.5 Å². The van der Waals surface area contributed by atoms with Gasteiger partial charge >= 0.3 is 6.03 Å². The van der Waals surface area contributed by atoms with Crippen molar-refractivity contribution in [2.24, 2.45) is 5.92 Å². The topological polar surface area (TPSA) is 103 Å². The van der Waals surface area contributed by atoms with Crippen molar-refractivity contribution < 1.29 is 24.2 Å². The van der Waals surface area contributed by atoms with E-state index in [-0.39, 0.29) is 42.7 Å². The van der Waals surface area contributed by atoms with Gasteiger partial charge in [0.2, 0.25) is 0 Å². The molecule has 0 aromatic heterocycles. The molecule has 0 spiro atoms. The summed E-state index contributed by atoms with van der Waals surface area (Å²) in [5, 5.41) is 17.3. The molecular weight excluding hydrogens is 639 g/mol. The quantitative estimate of drug-likeness (QED) is 0.267. The SMILES string of the molecule is C[C@H]1CCCCO[C@H](CN(C)Cc2ccc(Cl)c(Cl)c2)[C@@H](C)CN([C@@H](C)CO)C(=O)c2cc(NC(=O)NC3CCCCC3)ccc2O1. The number of aliphatic hydroxyl groups is 1. The number of ether oxygens (including phenoxy) is 2. The van der Waals surface area contributed by atoms with E-state index in [0.29, 0.717) is 53.3 Å². The Hall–Kier alpha value is -2.56. The van der Waals surface area contributed by atoms with E-state index in [2.05, 4.69) is 22.5 Å². The van der Waals surface area contributed by atoms with Crippen LogP contribution in [0, 0.1) is 5.92 Å². The molecule has 1 fully saturated rings. The predicted molar refractivity (Wildman–Crippen MR) is 189 cm³/mol. The van der Waals surface area contributed by atoms with E-state index in [1.807, 2.05) is 33.0 Å². The molecule has 3 amide bonds. The molecule has 2 aromatic carbocycles. The zero-order valence-corrected chi connectivity index (χ0v) is 29.8. The van der Waals surface area contributed by atoms with Gasteiger partial charge in [-0.25, -0.2) is 4.79 Å². The minimum absolute atomic E-state index is 0.0574. The average molecular weight is 692 g/mol. The Bertz CT molecular complexity index is 1320. The number of fused-ring (bicyclic) bond motifs is 1. The third kappa shape index (κ3) is 11.2. The van der Waals surface area contributed by atoms with Gasteiger partial charge in [0.05, 0.1) is 40.5 Å². The third-order valence-corrected chi connectivity index (χ3v) is 9.92. The predicted octanol–water partition coefficient (Wildman–Crippen LogP) is 7.38. The Morgan fingerprint density at radius 1 is 1.04 bits per heavy atom. The van der Waals surface area contributed by atoms with Gasteiger partial charge in [0.1, 0.15) is 5.75 Å². The lowest BCUT2D eigenvalue weighted by Crippen LogP contribution is -2.47. The van der Waals surface area contributed by atoms with Crippen LogP contribution >= 0.6 is 23.2 Å². The number of carbonyl (C=O) groups excluding carboxylic acids is 2. The number of urea groups is 1. The highest BCUT2D eigenvalue weighted by Gasteiger charge is 2.30. The van der Waals surface area contributed by atoms with Crippen LogP contribution in [0.5, 0.6) is 5.75 Å². The number of rotatable bonds is 8. The first kappa shape index (κ1) is 37.3. The largest absolute Gasteiger partial charge is 0.490 e. The van der Waals surface area contributed by atoms with Crippen molar-refractivity contribution in [3.05, 3.63) is 57.6 Å². The summed E-state index contributed by atoms with van der Waals surface area (Å²) in [6.07, 6.45) is 7.69. The number of carbonyl (C=O) groups is 2. The molecule has 1 aliphatic carbocycles. The number of halogens is 2. The van der Waals surface area contributed by atoms with Crippen molar-refractivity contribution in [3.63, 3.8) is 0 Å². The third-order valence-electron chi connectivity index (χ3n) is 9.18. The van der Waals surface area contributed by atoms with Crippen molar-refractivity contribution in [3.8, 4) is 5.75 Å². The Morgan fingerprint density at radius 3 is 2.51 bits per heavy atom. The van der Waals surface area contributed by atoms with Gasteiger partial charge in [-0.2, -0.15) is 0 Å². The van der Waals surface area contributed by atoms with Crippen LogP contribution in [0.25, 0.3) is 0 Å². The van der Waals surface area contributed by atoms with E-state index in [1.54, 1.807) is 29.2 Å². The minimum Gasteiger partial charge on any atom is -0.490 e. The van der Waals surface area contributed by atoms with Crippen molar-refractivity contribution in [1.82, 2.24) is 15.1 Å². The van der Waals surface area contributed by atoms with Gasteiger partial charge in [-0.1, -0.05) is 55.5 Å². The Labute approximate surface area is 290 Å². The molecule has 2 aliphatic rings. The second kappa shape index (κ2) is 18.3. The average Bonchev–Trinajstić information content (AvgIpc) is 3.04. The zero-order valence-electron chi connectivity index (χ0n) is 28.3. The summed E-state index contributed by atoms with van der Waals surface area (Å²) >= 11 is 12.4. The van der Waals surface area contributed by atoms with Crippen molar-refractivity contribution >= 4 is 40.8 Å². The summed E-state index contributed by atoms with van der Waals surface area (Å²) in [4.78, 5) is 31.1. The lowest BCUT2D eigenvalue weighted by Gasteiger charge is -2.36. The molecule has 11 heteroatoms. The summed E-state index contributed by atoms with van der Waals surface area (Å²) in [6, 6.07) is 10.3. The molecule has 4 rings (SSSR count). The van der Waals surface area contributed by atoms with Gasteiger partial charge in [-0.3, -0.25) is 9.69 Å². The maximum absolute atomic E-state index is 14.4. The highest BCUT2D eigenvalue weighted by Crippen LogP contribution is 2.29. The normalized spacial score (nSPS) is 22.6. The molecule has 1 saturated carbocycles. The zero-order chi connectivity index (χ0) is 33.9. The molecule has 47 heavy (non-hydrogen) atoms. The maximum atomic E-state index is 14.4. The van der Waals surface area contributed by atoms with E-state index < -0.39 is 6.04 Å². The van der Waals surface area contributed by atoms with E-state index >= 15 is 0 Å². The van der Waals surface area contributed by atoms with Crippen molar-refractivity contribution in [2.45, 2.75) is 103 Å². The molecule has 0 unspecified atom stereocenters. The number of aliphatic hydroxyl groups excluding tert-OH is 1. The molecule has 260 valence electrons. The summed E-state index contributed by atoms with van der Waals surface area (Å²) in [6.45, 7) is 7.98. The monoisotopic (exact) mass is 690 g/mol. The second-order valence-corrected chi connectivity index (χ2v) is 14.2. The highest BCUT2D eigenvalue weighted by molar-refractivity contribution is 6.42. The van der Waals surface area contributed by atoms with Gasteiger partial charge < -0.3 is 30.1 Å². The number of hydrogen-bond donors (Lipinski definition) is 3.